The Morgan fingerprint density at radius 2 is 2.05 bits per heavy atom. The molecule has 1 amide bonds. The van der Waals surface area contributed by atoms with Gasteiger partial charge in [0, 0.05) is 25.6 Å². The van der Waals surface area contributed by atoms with Gasteiger partial charge in [-0.05, 0) is 37.6 Å². The summed E-state index contributed by atoms with van der Waals surface area (Å²) in [6.07, 6.45) is 8.54. The van der Waals surface area contributed by atoms with Gasteiger partial charge in [0.05, 0.1) is 0 Å². The topological polar surface area (TPSA) is 32.3 Å². The van der Waals surface area contributed by atoms with E-state index >= 15 is 0 Å². The normalized spacial score (nSPS) is 26.3. The molecule has 1 heterocycles. The monoisotopic (exact) mass is 266 g/mol. The number of nitrogens with one attached hydrogen (secondary N) is 1. The Labute approximate surface area is 118 Å². The number of hydrogen-bond acceptors (Lipinski definition) is 2. The van der Waals surface area contributed by atoms with E-state index in [2.05, 4.69) is 24.1 Å². The lowest BCUT2D eigenvalue weighted by Gasteiger charge is -2.29. The van der Waals surface area contributed by atoms with Crippen LogP contribution in [0.15, 0.2) is 0 Å². The molecule has 2 unspecified atom stereocenters. The molecule has 1 saturated heterocycles. The maximum atomic E-state index is 12.1. The molecule has 0 aromatic carbocycles. The van der Waals surface area contributed by atoms with Crippen LogP contribution in [0.3, 0.4) is 0 Å². The molecule has 3 heteroatoms. The Morgan fingerprint density at radius 3 is 2.63 bits per heavy atom. The molecular weight excluding hydrogens is 236 g/mol. The molecule has 110 valence electrons. The summed E-state index contributed by atoms with van der Waals surface area (Å²) in [7, 11) is 0. The van der Waals surface area contributed by atoms with E-state index in [1.807, 2.05) is 0 Å². The van der Waals surface area contributed by atoms with Crippen molar-refractivity contribution in [3.63, 3.8) is 0 Å². The van der Waals surface area contributed by atoms with Crippen molar-refractivity contribution >= 4 is 5.91 Å². The summed E-state index contributed by atoms with van der Waals surface area (Å²) in [5.41, 5.74) is 0. The highest BCUT2D eigenvalue weighted by atomic mass is 16.2. The Balaban J connectivity index is 1.89. The summed E-state index contributed by atoms with van der Waals surface area (Å²) in [4.78, 5) is 14.2. The SMILES string of the molecule is CCCNC(CN1CC(CC)CC1=O)C1CCCC1. The van der Waals surface area contributed by atoms with Crippen molar-refractivity contribution in [3.05, 3.63) is 0 Å². The summed E-state index contributed by atoms with van der Waals surface area (Å²) < 4.78 is 0. The third-order valence-electron chi connectivity index (χ3n) is 4.91. The van der Waals surface area contributed by atoms with Crippen molar-refractivity contribution in [3.8, 4) is 0 Å². The van der Waals surface area contributed by atoms with Crippen molar-refractivity contribution in [1.29, 1.82) is 0 Å². The number of hydrogen-bond donors (Lipinski definition) is 1. The first-order valence-corrected chi connectivity index (χ1v) is 8.25. The van der Waals surface area contributed by atoms with Gasteiger partial charge in [-0.25, -0.2) is 0 Å². The highest BCUT2D eigenvalue weighted by Crippen LogP contribution is 2.29. The third-order valence-corrected chi connectivity index (χ3v) is 4.91. The van der Waals surface area contributed by atoms with Crippen molar-refractivity contribution in [2.24, 2.45) is 11.8 Å². The molecule has 1 aliphatic carbocycles. The predicted molar refractivity (Wildman–Crippen MR) is 79.0 cm³/mol. The van der Waals surface area contributed by atoms with E-state index in [0.717, 1.165) is 38.4 Å². The summed E-state index contributed by atoms with van der Waals surface area (Å²) in [5.74, 6) is 1.77. The van der Waals surface area contributed by atoms with Crippen LogP contribution in [0.4, 0.5) is 0 Å². The number of carbonyl (C=O) groups is 1. The number of likely N-dealkylation sites (tertiary alicyclic amines) is 1. The Hall–Kier alpha value is -0.570. The Morgan fingerprint density at radius 1 is 1.32 bits per heavy atom. The number of amides is 1. The van der Waals surface area contributed by atoms with Gasteiger partial charge in [-0.2, -0.15) is 0 Å². The van der Waals surface area contributed by atoms with Crippen molar-refractivity contribution in [2.75, 3.05) is 19.6 Å². The van der Waals surface area contributed by atoms with Crippen LogP contribution in [-0.4, -0.2) is 36.5 Å². The number of nitrogens with zero attached hydrogens (tertiary/aromatic N) is 1. The lowest BCUT2D eigenvalue weighted by molar-refractivity contribution is -0.128. The van der Waals surface area contributed by atoms with Gasteiger partial charge >= 0.3 is 0 Å². The fourth-order valence-electron chi connectivity index (χ4n) is 3.61. The smallest absolute Gasteiger partial charge is 0.222 e. The first-order chi connectivity index (χ1) is 9.24. The van der Waals surface area contributed by atoms with Crippen LogP contribution < -0.4 is 5.32 Å². The molecule has 0 aromatic heterocycles. The predicted octanol–water partition coefficient (Wildman–Crippen LogP) is 2.80. The second kappa shape index (κ2) is 7.28. The Bertz CT molecular complexity index is 286. The molecule has 0 aromatic rings. The summed E-state index contributed by atoms with van der Waals surface area (Å²) in [6.45, 7) is 7.44. The van der Waals surface area contributed by atoms with Crippen LogP contribution in [0.5, 0.6) is 0 Å². The van der Waals surface area contributed by atoms with Gasteiger partial charge in [0.25, 0.3) is 0 Å². The van der Waals surface area contributed by atoms with Crippen molar-refractivity contribution in [1.82, 2.24) is 10.2 Å². The van der Waals surface area contributed by atoms with Gasteiger partial charge in [-0.15, -0.1) is 0 Å². The van der Waals surface area contributed by atoms with Gasteiger partial charge < -0.3 is 10.2 Å². The van der Waals surface area contributed by atoms with Crippen LogP contribution in [0.2, 0.25) is 0 Å². The van der Waals surface area contributed by atoms with Crippen LogP contribution in [-0.2, 0) is 4.79 Å². The van der Waals surface area contributed by atoms with E-state index in [4.69, 9.17) is 0 Å². The molecule has 0 radical (unpaired) electrons. The zero-order valence-electron chi connectivity index (χ0n) is 12.7. The van der Waals surface area contributed by atoms with Crippen LogP contribution in [0.25, 0.3) is 0 Å². The molecule has 19 heavy (non-hydrogen) atoms. The largest absolute Gasteiger partial charge is 0.341 e. The quantitative estimate of drug-likeness (QED) is 0.768. The zero-order valence-corrected chi connectivity index (χ0v) is 12.7. The van der Waals surface area contributed by atoms with Crippen LogP contribution >= 0.6 is 0 Å². The van der Waals surface area contributed by atoms with E-state index in [1.165, 1.54) is 32.1 Å². The average molecular weight is 266 g/mol. The minimum Gasteiger partial charge on any atom is -0.341 e. The molecule has 1 N–H and O–H groups in total. The van der Waals surface area contributed by atoms with Gasteiger partial charge in [0.15, 0.2) is 0 Å². The maximum absolute atomic E-state index is 12.1. The standard InChI is InChI=1S/C16H30N2O/c1-3-9-17-15(14-7-5-6-8-14)12-18-11-13(4-2)10-16(18)19/h13-15,17H,3-12H2,1-2H3. The number of rotatable bonds is 7. The molecular formula is C16H30N2O. The molecule has 2 aliphatic rings. The number of carbonyl (C=O) groups excluding carboxylic acids is 1. The molecule has 1 saturated carbocycles. The van der Waals surface area contributed by atoms with E-state index in [1.54, 1.807) is 0 Å². The average Bonchev–Trinajstić information content (AvgIpc) is 3.04. The molecule has 0 bridgehead atoms. The maximum Gasteiger partial charge on any atom is 0.222 e. The van der Waals surface area contributed by atoms with Crippen LogP contribution in [0, 0.1) is 11.8 Å². The van der Waals surface area contributed by atoms with E-state index < -0.39 is 0 Å². The molecule has 3 nitrogen and oxygen atoms in total. The fourth-order valence-corrected chi connectivity index (χ4v) is 3.61. The minimum atomic E-state index is 0.383. The zero-order chi connectivity index (χ0) is 13.7. The second-order valence-electron chi connectivity index (χ2n) is 6.38. The molecule has 2 rings (SSSR count). The van der Waals surface area contributed by atoms with Gasteiger partial charge in [-0.1, -0.05) is 33.1 Å². The van der Waals surface area contributed by atoms with E-state index in [0.29, 0.717) is 17.9 Å². The summed E-state index contributed by atoms with van der Waals surface area (Å²) >= 11 is 0. The molecule has 2 fully saturated rings. The Kier molecular flexibility index (Phi) is 5.68. The summed E-state index contributed by atoms with van der Waals surface area (Å²) in [5, 5.41) is 3.70. The lowest BCUT2D eigenvalue weighted by atomic mass is 9.97. The highest BCUT2D eigenvalue weighted by molar-refractivity contribution is 5.78. The molecule has 1 aliphatic heterocycles. The third kappa shape index (κ3) is 3.95. The second-order valence-corrected chi connectivity index (χ2v) is 6.38. The van der Waals surface area contributed by atoms with E-state index in [-0.39, 0.29) is 0 Å². The lowest BCUT2D eigenvalue weighted by Crippen LogP contribution is -2.45. The van der Waals surface area contributed by atoms with Crippen molar-refractivity contribution in [2.45, 2.75) is 64.8 Å². The van der Waals surface area contributed by atoms with Gasteiger partial charge in [0.2, 0.25) is 5.91 Å². The first-order valence-electron chi connectivity index (χ1n) is 8.25. The van der Waals surface area contributed by atoms with Gasteiger partial charge in [-0.3, -0.25) is 4.79 Å². The van der Waals surface area contributed by atoms with Gasteiger partial charge in [0.1, 0.15) is 0 Å². The van der Waals surface area contributed by atoms with E-state index in [9.17, 15) is 4.79 Å². The van der Waals surface area contributed by atoms with Crippen molar-refractivity contribution < 1.29 is 4.79 Å². The highest BCUT2D eigenvalue weighted by Gasteiger charge is 2.32. The molecule has 2 atom stereocenters. The molecule has 0 spiro atoms. The first kappa shape index (κ1) is 14.8. The fraction of sp³-hybridized carbons (Fsp3) is 0.938. The summed E-state index contributed by atoms with van der Waals surface area (Å²) in [6, 6.07) is 0.530. The minimum absolute atomic E-state index is 0.383. The van der Waals surface area contributed by atoms with Crippen LogP contribution in [0.1, 0.15) is 58.8 Å².